The van der Waals surface area contributed by atoms with Crippen LogP contribution in [0.3, 0.4) is 0 Å². The van der Waals surface area contributed by atoms with Gasteiger partial charge in [-0.15, -0.1) is 0 Å². The lowest BCUT2D eigenvalue weighted by Crippen LogP contribution is -2.38. The van der Waals surface area contributed by atoms with Crippen molar-refractivity contribution in [2.24, 2.45) is 0 Å². The summed E-state index contributed by atoms with van der Waals surface area (Å²) < 4.78 is 15.2. The normalized spacial score (nSPS) is 14.9. The minimum Gasteiger partial charge on any atom is -0.493 e. The summed E-state index contributed by atoms with van der Waals surface area (Å²) in [6, 6.07) is 9.67. The number of carbonyl (C=O) groups is 2. The summed E-state index contributed by atoms with van der Waals surface area (Å²) in [7, 11) is 2.67. The van der Waals surface area contributed by atoms with Crippen LogP contribution in [0.1, 0.15) is 22.8 Å². The number of methoxy groups -OCH3 is 2. The second-order valence-corrected chi connectivity index (χ2v) is 6.50. The van der Waals surface area contributed by atoms with E-state index < -0.39 is 29.1 Å². The molecule has 1 atom stereocenters. The number of hydrogen-bond acceptors (Lipinski definition) is 7. The van der Waals surface area contributed by atoms with Crippen molar-refractivity contribution < 1.29 is 28.7 Å². The molecule has 1 heterocycles. The zero-order valence-electron chi connectivity index (χ0n) is 16.2. The van der Waals surface area contributed by atoms with Crippen LogP contribution in [-0.4, -0.2) is 43.7 Å². The van der Waals surface area contributed by atoms with Crippen molar-refractivity contribution in [2.45, 2.75) is 19.4 Å². The summed E-state index contributed by atoms with van der Waals surface area (Å²) in [5, 5.41) is 11.3. The zero-order valence-corrected chi connectivity index (χ0v) is 16.2. The number of rotatable bonds is 6. The lowest BCUT2D eigenvalue weighted by atomic mass is 10.1. The fourth-order valence-electron chi connectivity index (χ4n) is 3.40. The number of esters is 1. The standard InChI is InChI=1S/C20H20N2O7/c1-12-8-13-6-4-5-7-15(13)21(12)19(23)11-29-20(24)14-9-17(27-2)18(28-3)10-16(14)22(25)26/h4-7,9-10,12H,8,11H2,1-3H3/t12-/m1/s1. The van der Waals surface area contributed by atoms with Gasteiger partial charge in [0.2, 0.25) is 0 Å². The second kappa shape index (κ2) is 8.17. The maximum Gasteiger partial charge on any atom is 0.345 e. The molecule has 29 heavy (non-hydrogen) atoms. The number of nitro benzene ring substituents is 1. The summed E-state index contributed by atoms with van der Waals surface area (Å²) in [5.74, 6) is -1.15. The zero-order chi connectivity index (χ0) is 21.1. The smallest absolute Gasteiger partial charge is 0.345 e. The average molecular weight is 400 g/mol. The quantitative estimate of drug-likeness (QED) is 0.417. The molecule has 0 saturated carbocycles. The minimum atomic E-state index is -0.994. The van der Waals surface area contributed by atoms with Crippen molar-refractivity contribution in [1.82, 2.24) is 0 Å². The van der Waals surface area contributed by atoms with Crippen LogP contribution < -0.4 is 14.4 Å². The molecular formula is C20H20N2O7. The number of nitro groups is 1. The molecule has 2 aromatic carbocycles. The molecule has 0 aromatic heterocycles. The Morgan fingerprint density at radius 2 is 1.83 bits per heavy atom. The van der Waals surface area contributed by atoms with Crippen molar-refractivity contribution in [2.75, 3.05) is 25.7 Å². The molecule has 9 heteroatoms. The molecule has 1 aliphatic heterocycles. The molecule has 152 valence electrons. The van der Waals surface area contributed by atoms with E-state index in [1.54, 1.807) is 4.90 Å². The lowest BCUT2D eigenvalue weighted by Gasteiger charge is -2.22. The van der Waals surface area contributed by atoms with Crippen molar-refractivity contribution in [1.29, 1.82) is 0 Å². The van der Waals surface area contributed by atoms with Gasteiger partial charge in [0.1, 0.15) is 5.56 Å². The number of amides is 1. The van der Waals surface area contributed by atoms with E-state index in [9.17, 15) is 19.7 Å². The Balaban J connectivity index is 1.79. The monoisotopic (exact) mass is 400 g/mol. The van der Waals surface area contributed by atoms with Gasteiger partial charge in [-0.2, -0.15) is 0 Å². The molecule has 0 saturated heterocycles. The second-order valence-electron chi connectivity index (χ2n) is 6.50. The van der Waals surface area contributed by atoms with E-state index >= 15 is 0 Å². The first-order valence-corrected chi connectivity index (χ1v) is 8.84. The van der Waals surface area contributed by atoms with E-state index in [1.807, 2.05) is 31.2 Å². The maximum absolute atomic E-state index is 12.7. The third kappa shape index (κ3) is 3.84. The number of ether oxygens (including phenoxy) is 3. The molecule has 1 aliphatic rings. The van der Waals surface area contributed by atoms with Crippen LogP contribution in [0.15, 0.2) is 36.4 Å². The van der Waals surface area contributed by atoms with Crippen LogP contribution >= 0.6 is 0 Å². The summed E-state index contributed by atoms with van der Waals surface area (Å²) in [4.78, 5) is 37.4. The summed E-state index contributed by atoms with van der Waals surface area (Å²) >= 11 is 0. The third-order valence-corrected chi connectivity index (χ3v) is 4.72. The van der Waals surface area contributed by atoms with Gasteiger partial charge in [-0.3, -0.25) is 14.9 Å². The average Bonchev–Trinajstić information content (AvgIpc) is 3.06. The Morgan fingerprint density at radius 1 is 1.17 bits per heavy atom. The Morgan fingerprint density at radius 3 is 2.48 bits per heavy atom. The van der Waals surface area contributed by atoms with Crippen LogP contribution in [0, 0.1) is 10.1 Å². The molecule has 2 aromatic rings. The summed E-state index contributed by atoms with van der Waals surface area (Å²) in [5.41, 5.74) is 0.989. The molecule has 0 radical (unpaired) electrons. The highest BCUT2D eigenvalue weighted by Crippen LogP contribution is 2.35. The number of para-hydroxylation sites is 1. The van der Waals surface area contributed by atoms with E-state index in [0.29, 0.717) is 6.42 Å². The van der Waals surface area contributed by atoms with Gasteiger partial charge in [-0.25, -0.2) is 4.79 Å². The van der Waals surface area contributed by atoms with Gasteiger partial charge in [-0.05, 0) is 25.0 Å². The van der Waals surface area contributed by atoms with Gasteiger partial charge in [0.25, 0.3) is 11.6 Å². The van der Waals surface area contributed by atoms with Crippen molar-refractivity contribution in [3.63, 3.8) is 0 Å². The van der Waals surface area contributed by atoms with Crippen LogP contribution in [-0.2, 0) is 16.0 Å². The first-order valence-electron chi connectivity index (χ1n) is 8.84. The van der Waals surface area contributed by atoms with Crippen molar-refractivity contribution in [3.8, 4) is 11.5 Å². The summed E-state index contributed by atoms with van der Waals surface area (Å²) in [6.07, 6.45) is 0.705. The number of anilines is 1. The Hall–Kier alpha value is -3.62. The molecule has 3 rings (SSSR count). The molecule has 1 amide bonds. The summed E-state index contributed by atoms with van der Waals surface area (Å²) in [6.45, 7) is 1.36. The molecular weight excluding hydrogens is 380 g/mol. The van der Waals surface area contributed by atoms with E-state index in [0.717, 1.165) is 23.4 Å². The van der Waals surface area contributed by atoms with E-state index in [-0.39, 0.29) is 23.1 Å². The highest BCUT2D eigenvalue weighted by atomic mass is 16.6. The number of carbonyl (C=O) groups excluding carboxylic acids is 2. The number of benzene rings is 2. The minimum absolute atomic E-state index is 0.0750. The number of hydrogen-bond donors (Lipinski definition) is 0. The van der Waals surface area contributed by atoms with Crippen LogP contribution in [0.25, 0.3) is 0 Å². The number of nitrogens with zero attached hydrogens (tertiary/aromatic N) is 2. The first-order chi connectivity index (χ1) is 13.9. The molecule has 9 nitrogen and oxygen atoms in total. The van der Waals surface area contributed by atoms with Gasteiger partial charge in [0, 0.05) is 17.8 Å². The van der Waals surface area contributed by atoms with Gasteiger partial charge >= 0.3 is 5.97 Å². The SMILES string of the molecule is COc1cc(C(=O)OCC(=O)N2c3ccccc3C[C@H]2C)c([N+](=O)[O-])cc1OC. The highest BCUT2D eigenvalue weighted by molar-refractivity contribution is 6.00. The van der Waals surface area contributed by atoms with Gasteiger partial charge in [-0.1, -0.05) is 18.2 Å². The first kappa shape index (κ1) is 20.1. The molecule has 0 fully saturated rings. The number of fused-ring (bicyclic) bond motifs is 1. The van der Waals surface area contributed by atoms with Gasteiger partial charge < -0.3 is 19.1 Å². The van der Waals surface area contributed by atoms with E-state index in [2.05, 4.69) is 0 Å². The fraction of sp³-hybridized carbons (Fsp3) is 0.300. The van der Waals surface area contributed by atoms with E-state index in [1.165, 1.54) is 14.2 Å². The fourth-order valence-corrected chi connectivity index (χ4v) is 3.40. The van der Waals surface area contributed by atoms with Crippen molar-refractivity contribution in [3.05, 3.63) is 57.6 Å². The Kier molecular flexibility index (Phi) is 5.67. The molecule has 0 unspecified atom stereocenters. The largest absolute Gasteiger partial charge is 0.493 e. The Bertz CT molecular complexity index is 973. The van der Waals surface area contributed by atoms with Crippen LogP contribution in [0.5, 0.6) is 11.5 Å². The highest BCUT2D eigenvalue weighted by Gasteiger charge is 2.32. The predicted octanol–water partition coefficient (Wildman–Crippen LogP) is 2.75. The predicted molar refractivity (Wildman–Crippen MR) is 104 cm³/mol. The topological polar surface area (TPSA) is 108 Å². The molecule has 0 bridgehead atoms. The lowest BCUT2D eigenvalue weighted by molar-refractivity contribution is -0.385. The van der Waals surface area contributed by atoms with Crippen LogP contribution in [0.2, 0.25) is 0 Å². The molecule has 0 aliphatic carbocycles. The Labute approximate surface area is 166 Å². The van der Waals surface area contributed by atoms with Crippen molar-refractivity contribution >= 4 is 23.3 Å². The third-order valence-electron chi connectivity index (χ3n) is 4.72. The van der Waals surface area contributed by atoms with Crippen LogP contribution in [0.4, 0.5) is 11.4 Å². The van der Waals surface area contributed by atoms with E-state index in [4.69, 9.17) is 14.2 Å². The van der Waals surface area contributed by atoms with Gasteiger partial charge in [0.15, 0.2) is 18.1 Å². The molecule has 0 N–H and O–H groups in total. The molecule has 0 spiro atoms. The maximum atomic E-state index is 12.7. The van der Waals surface area contributed by atoms with Gasteiger partial charge in [0.05, 0.1) is 25.2 Å².